The Morgan fingerprint density at radius 2 is 1.80 bits per heavy atom. The maximum atomic E-state index is 15.1. The van der Waals surface area contributed by atoms with E-state index < -0.39 is 28.9 Å². The van der Waals surface area contributed by atoms with E-state index in [9.17, 15) is 24.3 Å². The van der Waals surface area contributed by atoms with E-state index in [1.54, 1.807) is 56.5 Å². The van der Waals surface area contributed by atoms with Gasteiger partial charge in [0.1, 0.15) is 18.0 Å². The number of pyridine rings is 1. The molecule has 1 aliphatic rings. The zero-order chi connectivity index (χ0) is 28.8. The number of benzene rings is 2. The molecule has 0 unspecified atom stereocenters. The van der Waals surface area contributed by atoms with Crippen molar-refractivity contribution in [2.24, 2.45) is 0 Å². The highest BCUT2D eigenvalue weighted by atomic mass is 32.2. The molecule has 0 aliphatic carbocycles. The lowest BCUT2D eigenvalue weighted by Crippen LogP contribution is -2.49. The Kier molecular flexibility index (Phi) is 9.30. The maximum absolute atomic E-state index is 15.1. The first-order chi connectivity index (χ1) is 19.2. The van der Waals surface area contributed by atoms with E-state index in [-0.39, 0.29) is 23.6 Å². The van der Waals surface area contributed by atoms with Crippen LogP contribution >= 0.6 is 11.8 Å². The molecule has 0 bridgehead atoms. The summed E-state index contributed by atoms with van der Waals surface area (Å²) in [6.07, 6.45) is 3.18. The number of fused-ring (bicyclic) bond motifs is 1. The molecule has 40 heavy (non-hydrogen) atoms. The summed E-state index contributed by atoms with van der Waals surface area (Å²) < 4.78 is 22.2. The van der Waals surface area contributed by atoms with Gasteiger partial charge in [-0.1, -0.05) is 12.1 Å². The normalized spacial score (nSPS) is 13.4. The molecule has 1 fully saturated rings. The second-order valence-corrected chi connectivity index (χ2v) is 10.3. The van der Waals surface area contributed by atoms with Gasteiger partial charge in [0, 0.05) is 62.2 Å². The molecule has 4 rings (SSSR count). The fourth-order valence-electron chi connectivity index (χ4n) is 4.52. The maximum Gasteiger partial charge on any atom is 0.410 e. The highest BCUT2D eigenvalue weighted by Gasteiger charge is 2.25. The van der Waals surface area contributed by atoms with Crippen molar-refractivity contribution in [1.82, 2.24) is 9.47 Å². The van der Waals surface area contributed by atoms with Crippen molar-refractivity contribution in [2.45, 2.75) is 26.5 Å². The van der Waals surface area contributed by atoms with Gasteiger partial charge in [0.05, 0.1) is 11.2 Å². The number of thioether (sulfide) groups is 1. The van der Waals surface area contributed by atoms with Crippen LogP contribution in [0.1, 0.15) is 29.3 Å². The number of nitrogens with zero attached hydrogens (tertiary/aromatic N) is 3. The molecule has 1 aliphatic heterocycles. The van der Waals surface area contributed by atoms with Crippen LogP contribution in [0.3, 0.4) is 0 Å². The monoisotopic (exact) mass is 570 g/mol. The Morgan fingerprint density at radius 3 is 2.42 bits per heavy atom. The van der Waals surface area contributed by atoms with Crippen molar-refractivity contribution in [1.29, 1.82) is 0 Å². The molecule has 2 amide bonds. The number of aromatic nitrogens is 1. The van der Waals surface area contributed by atoms with Crippen LogP contribution in [0.15, 0.2) is 47.4 Å². The SMILES string of the molecule is CCn1cc(C(=O)O)c(=O)c2cc(F)c(N3CCN(C(=O)OCc4ccc(NC(=O)CCSC)cc4)CC3)cc21. The van der Waals surface area contributed by atoms with E-state index in [0.29, 0.717) is 50.3 Å². The number of piperazine rings is 1. The summed E-state index contributed by atoms with van der Waals surface area (Å²) in [6.45, 7) is 3.62. The number of rotatable bonds is 9. The second-order valence-electron chi connectivity index (χ2n) is 9.30. The van der Waals surface area contributed by atoms with Gasteiger partial charge in [-0.3, -0.25) is 9.59 Å². The molecule has 0 spiro atoms. The number of ether oxygens (including phenoxy) is 1. The van der Waals surface area contributed by atoms with Crippen molar-refractivity contribution < 1.29 is 28.6 Å². The Morgan fingerprint density at radius 1 is 1.10 bits per heavy atom. The predicted octanol–water partition coefficient (Wildman–Crippen LogP) is 4.01. The van der Waals surface area contributed by atoms with Crippen molar-refractivity contribution in [3.63, 3.8) is 0 Å². The summed E-state index contributed by atoms with van der Waals surface area (Å²) in [7, 11) is 0. The molecule has 12 heteroatoms. The standard InChI is InChI=1S/C28H31FN4O6S/c1-3-31-16-21(27(36)37)26(35)20-14-22(29)24(15-23(20)31)32-9-11-33(12-10-32)28(38)39-17-18-4-6-19(7-5-18)30-25(34)8-13-40-2/h4-7,14-16H,3,8-13,17H2,1-2H3,(H,30,34)(H,36,37). The quantitative estimate of drug-likeness (QED) is 0.396. The van der Waals surface area contributed by atoms with Crippen molar-refractivity contribution in [2.75, 3.05) is 48.4 Å². The minimum absolute atomic E-state index is 0.0104. The van der Waals surface area contributed by atoms with Crippen LogP contribution in [0.25, 0.3) is 10.9 Å². The number of aromatic carboxylic acids is 1. The Bertz CT molecular complexity index is 1470. The molecule has 0 atom stereocenters. The van der Waals surface area contributed by atoms with Crippen molar-refractivity contribution in [3.8, 4) is 0 Å². The zero-order valence-electron chi connectivity index (χ0n) is 22.3. The third kappa shape index (κ3) is 6.56. The van der Waals surface area contributed by atoms with Gasteiger partial charge in [-0.15, -0.1) is 0 Å². The van der Waals surface area contributed by atoms with Crippen molar-refractivity contribution >= 4 is 52.0 Å². The van der Waals surface area contributed by atoms with Crippen LogP contribution in [0.5, 0.6) is 0 Å². The van der Waals surface area contributed by atoms with E-state index in [0.717, 1.165) is 17.4 Å². The van der Waals surface area contributed by atoms with Crippen LogP contribution < -0.4 is 15.6 Å². The third-order valence-electron chi connectivity index (χ3n) is 6.73. The fraction of sp³-hybridized carbons (Fsp3) is 0.357. The third-order valence-corrected chi connectivity index (χ3v) is 7.34. The molecule has 0 saturated carbocycles. The van der Waals surface area contributed by atoms with Gasteiger partial charge >= 0.3 is 12.1 Å². The fourth-order valence-corrected chi connectivity index (χ4v) is 4.91. The molecule has 2 N–H and O–H groups in total. The number of carbonyl (C=O) groups excluding carboxylic acids is 2. The van der Waals surface area contributed by atoms with Crippen LogP contribution in [-0.2, 0) is 22.7 Å². The topological polar surface area (TPSA) is 121 Å². The Hall–Kier alpha value is -4.06. The minimum Gasteiger partial charge on any atom is -0.477 e. The minimum atomic E-state index is -1.36. The lowest BCUT2D eigenvalue weighted by atomic mass is 10.1. The summed E-state index contributed by atoms with van der Waals surface area (Å²) in [6, 6.07) is 9.74. The van der Waals surface area contributed by atoms with Crippen LogP contribution in [0.4, 0.5) is 20.6 Å². The number of carboxylic acids is 1. The molecular formula is C28H31FN4O6S. The molecule has 1 aromatic heterocycles. The highest BCUT2D eigenvalue weighted by molar-refractivity contribution is 7.98. The summed E-state index contributed by atoms with van der Waals surface area (Å²) >= 11 is 1.61. The first-order valence-corrected chi connectivity index (χ1v) is 14.3. The van der Waals surface area contributed by atoms with Gasteiger partial charge in [0.25, 0.3) is 0 Å². The number of nitrogens with one attached hydrogen (secondary N) is 1. The van der Waals surface area contributed by atoms with E-state index in [4.69, 9.17) is 4.74 Å². The zero-order valence-corrected chi connectivity index (χ0v) is 23.1. The number of halogens is 1. The molecule has 0 radical (unpaired) electrons. The smallest absolute Gasteiger partial charge is 0.410 e. The molecule has 10 nitrogen and oxygen atoms in total. The first-order valence-electron chi connectivity index (χ1n) is 12.9. The van der Waals surface area contributed by atoms with E-state index in [1.807, 2.05) is 13.2 Å². The molecule has 212 valence electrons. The van der Waals surface area contributed by atoms with Gasteiger partial charge in [-0.05, 0) is 43.0 Å². The number of hydrogen-bond donors (Lipinski definition) is 2. The van der Waals surface area contributed by atoms with Gasteiger partial charge in [-0.25, -0.2) is 14.0 Å². The van der Waals surface area contributed by atoms with E-state index in [2.05, 4.69) is 5.32 Å². The van der Waals surface area contributed by atoms with Crippen molar-refractivity contribution in [3.05, 3.63) is 69.8 Å². The van der Waals surface area contributed by atoms with Crippen LogP contribution in [0.2, 0.25) is 0 Å². The largest absolute Gasteiger partial charge is 0.477 e. The predicted molar refractivity (Wildman–Crippen MR) is 153 cm³/mol. The summed E-state index contributed by atoms with van der Waals surface area (Å²) in [5.74, 6) is -1.29. The van der Waals surface area contributed by atoms with E-state index in [1.165, 1.54) is 6.20 Å². The van der Waals surface area contributed by atoms with Gasteiger partial charge < -0.3 is 29.5 Å². The number of anilines is 2. The Balaban J connectivity index is 1.35. The second kappa shape index (κ2) is 12.9. The average molecular weight is 571 g/mol. The lowest BCUT2D eigenvalue weighted by Gasteiger charge is -2.35. The van der Waals surface area contributed by atoms with Gasteiger partial charge in [-0.2, -0.15) is 11.8 Å². The molecule has 2 aromatic carbocycles. The molecular weight excluding hydrogens is 539 g/mol. The number of amides is 2. The number of aryl methyl sites for hydroxylation is 1. The molecule has 1 saturated heterocycles. The first kappa shape index (κ1) is 28.9. The van der Waals surface area contributed by atoms with Crippen LogP contribution in [0, 0.1) is 5.82 Å². The number of hydrogen-bond acceptors (Lipinski definition) is 7. The summed E-state index contributed by atoms with van der Waals surface area (Å²) in [4.78, 5) is 51.9. The van der Waals surface area contributed by atoms with Gasteiger partial charge in [0.2, 0.25) is 11.3 Å². The van der Waals surface area contributed by atoms with Gasteiger partial charge in [0.15, 0.2) is 0 Å². The number of carboxylic acid groups (broad SMARTS) is 1. The Labute approximate surface area is 234 Å². The summed E-state index contributed by atoms with van der Waals surface area (Å²) in [5.41, 5.74) is 1.05. The number of carbonyl (C=O) groups is 3. The molecule has 3 aromatic rings. The van der Waals surface area contributed by atoms with Crippen LogP contribution in [-0.4, -0.2) is 70.7 Å². The molecule has 2 heterocycles. The van der Waals surface area contributed by atoms with E-state index >= 15 is 4.39 Å². The lowest BCUT2D eigenvalue weighted by molar-refractivity contribution is -0.115. The highest BCUT2D eigenvalue weighted by Crippen LogP contribution is 2.26. The summed E-state index contributed by atoms with van der Waals surface area (Å²) in [5, 5.41) is 12.2. The average Bonchev–Trinajstić information content (AvgIpc) is 2.95.